The second-order valence-corrected chi connectivity index (χ2v) is 5.58. The molecule has 126 valence electrons. The molecule has 0 unspecified atom stereocenters. The second kappa shape index (κ2) is 7.98. The average Bonchev–Trinajstić information content (AvgIpc) is 2.98. The van der Waals surface area contributed by atoms with E-state index in [0.29, 0.717) is 19.1 Å². The van der Waals surface area contributed by atoms with Gasteiger partial charge in [-0.2, -0.15) is 0 Å². The van der Waals surface area contributed by atoms with Crippen LogP contribution in [0.4, 0.5) is 10.1 Å². The van der Waals surface area contributed by atoms with Crippen LogP contribution in [-0.4, -0.2) is 55.6 Å². The fraction of sp³-hybridized carbons (Fsp3) is 0.533. The van der Waals surface area contributed by atoms with Crippen molar-refractivity contribution in [2.75, 3.05) is 39.9 Å². The van der Waals surface area contributed by atoms with Gasteiger partial charge in [-0.05, 0) is 24.9 Å². The Labute approximate surface area is 133 Å². The number of non-ortho nitro benzene ring substituents is 1. The van der Waals surface area contributed by atoms with Crippen molar-refractivity contribution in [1.82, 2.24) is 10.2 Å². The number of nitro groups is 1. The second-order valence-electron chi connectivity index (χ2n) is 5.58. The Bertz CT molecular complexity index is 582. The monoisotopic (exact) mass is 325 g/mol. The molecule has 8 heteroatoms. The van der Waals surface area contributed by atoms with Crippen LogP contribution in [0.2, 0.25) is 0 Å². The van der Waals surface area contributed by atoms with Crippen molar-refractivity contribution < 1.29 is 18.8 Å². The fourth-order valence-electron chi connectivity index (χ4n) is 2.64. The fourth-order valence-corrected chi connectivity index (χ4v) is 2.64. The molecule has 1 aromatic rings. The summed E-state index contributed by atoms with van der Waals surface area (Å²) in [5, 5.41) is 13.3. The molecule has 1 amide bonds. The summed E-state index contributed by atoms with van der Waals surface area (Å²) in [4.78, 5) is 24.1. The van der Waals surface area contributed by atoms with E-state index < -0.39 is 16.6 Å². The third-order valence-corrected chi connectivity index (χ3v) is 3.94. The minimum Gasteiger partial charge on any atom is -0.383 e. The molecular weight excluding hydrogens is 305 g/mol. The molecule has 1 N–H and O–H groups in total. The van der Waals surface area contributed by atoms with Crippen molar-refractivity contribution in [2.24, 2.45) is 5.92 Å². The number of ether oxygens (including phenoxy) is 1. The third kappa shape index (κ3) is 4.70. The number of likely N-dealkylation sites (tertiary alicyclic amines) is 1. The molecule has 0 spiro atoms. The van der Waals surface area contributed by atoms with E-state index in [1.54, 1.807) is 7.11 Å². The summed E-state index contributed by atoms with van der Waals surface area (Å²) in [6.45, 7) is 3.81. The van der Waals surface area contributed by atoms with E-state index in [-0.39, 0.29) is 11.3 Å². The minimum atomic E-state index is -0.884. The lowest BCUT2D eigenvalue weighted by atomic mass is 10.1. The molecule has 0 aliphatic carbocycles. The van der Waals surface area contributed by atoms with Gasteiger partial charge in [0.15, 0.2) is 0 Å². The first kappa shape index (κ1) is 17.3. The summed E-state index contributed by atoms with van der Waals surface area (Å²) >= 11 is 0. The molecule has 1 aliphatic heterocycles. The molecule has 0 bridgehead atoms. The number of halogens is 1. The standard InChI is InChI=1S/C15H20FN3O4/c1-23-7-6-18-5-4-11(10-18)9-17-15(20)13-3-2-12(19(21)22)8-14(13)16/h2-3,8,11H,4-7,9-10H2,1H3,(H,17,20)/t11-/m1/s1. The summed E-state index contributed by atoms with van der Waals surface area (Å²) in [5.41, 5.74) is -0.548. The Morgan fingerprint density at radius 3 is 3.00 bits per heavy atom. The molecule has 1 aromatic carbocycles. The molecule has 1 aliphatic rings. The zero-order chi connectivity index (χ0) is 16.8. The maximum absolute atomic E-state index is 13.8. The van der Waals surface area contributed by atoms with E-state index in [4.69, 9.17) is 4.74 Å². The number of carbonyl (C=O) groups is 1. The first-order valence-electron chi connectivity index (χ1n) is 7.44. The first-order valence-corrected chi connectivity index (χ1v) is 7.44. The van der Waals surface area contributed by atoms with E-state index in [1.165, 1.54) is 0 Å². The van der Waals surface area contributed by atoms with Crippen LogP contribution in [-0.2, 0) is 4.74 Å². The Morgan fingerprint density at radius 2 is 2.35 bits per heavy atom. The molecule has 7 nitrogen and oxygen atoms in total. The normalized spacial score (nSPS) is 18.1. The van der Waals surface area contributed by atoms with Crippen molar-refractivity contribution in [2.45, 2.75) is 6.42 Å². The highest BCUT2D eigenvalue weighted by Crippen LogP contribution is 2.18. The molecule has 1 atom stereocenters. The van der Waals surface area contributed by atoms with E-state index in [9.17, 15) is 19.3 Å². The topological polar surface area (TPSA) is 84.7 Å². The number of methoxy groups -OCH3 is 1. The van der Waals surface area contributed by atoms with Gasteiger partial charge >= 0.3 is 0 Å². The number of nitrogens with one attached hydrogen (secondary N) is 1. The van der Waals surface area contributed by atoms with Crippen molar-refractivity contribution in [1.29, 1.82) is 0 Å². The number of benzene rings is 1. The number of hydrogen-bond acceptors (Lipinski definition) is 5. The molecule has 1 saturated heterocycles. The van der Waals surface area contributed by atoms with Crippen LogP contribution in [0.1, 0.15) is 16.8 Å². The first-order chi connectivity index (χ1) is 11.0. The maximum Gasteiger partial charge on any atom is 0.272 e. The highest BCUT2D eigenvalue weighted by Gasteiger charge is 2.23. The van der Waals surface area contributed by atoms with Gasteiger partial charge in [0.2, 0.25) is 0 Å². The van der Waals surface area contributed by atoms with Gasteiger partial charge < -0.3 is 15.0 Å². The Hall–Kier alpha value is -2.06. The summed E-state index contributed by atoms with van der Waals surface area (Å²) in [5.74, 6) is -1.12. The number of carbonyl (C=O) groups excluding carboxylic acids is 1. The van der Waals surface area contributed by atoms with Gasteiger partial charge in [0, 0.05) is 32.8 Å². The number of hydrogen-bond donors (Lipinski definition) is 1. The van der Waals surface area contributed by atoms with Crippen LogP contribution in [0, 0.1) is 21.8 Å². The molecule has 1 fully saturated rings. The largest absolute Gasteiger partial charge is 0.383 e. The van der Waals surface area contributed by atoms with Crippen LogP contribution < -0.4 is 5.32 Å². The Kier molecular flexibility index (Phi) is 6.00. The smallest absolute Gasteiger partial charge is 0.272 e. The lowest BCUT2D eigenvalue weighted by Crippen LogP contribution is -2.32. The molecule has 0 aromatic heterocycles. The average molecular weight is 325 g/mol. The van der Waals surface area contributed by atoms with E-state index in [2.05, 4.69) is 10.2 Å². The van der Waals surface area contributed by atoms with Crippen LogP contribution in [0.3, 0.4) is 0 Å². The van der Waals surface area contributed by atoms with Gasteiger partial charge in [-0.3, -0.25) is 14.9 Å². The molecule has 0 saturated carbocycles. The lowest BCUT2D eigenvalue weighted by Gasteiger charge is -2.15. The molecular formula is C15H20FN3O4. The summed E-state index contributed by atoms with van der Waals surface area (Å²) < 4.78 is 18.8. The summed E-state index contributed by atoms with van der Waals surface area (Å²) in [6.07, 6.45) is 0.965. The zero-order valence-electron chi connectivity index (χ0n) is 13.0. The third-order valence-electron chi connectivity index (χ3n) is 3.94. The molecule has 0 radical (unpaired) electrons. The number of rotatable bonds is 7. The number of nitrogens with zero attached hydrogens (tertiary/aromatic N) is 2. The highest BCUT2D eigenvalue weighted by atomic mass is 19.1. The lowest BCUT2D eigenvalue weighted by molar-refractivity contribution is -0.385. The predicted octanol–water partition coefficient (Wildman–Crippen LogP) is 1.43. The van der Waals surface area contributed by atoms with E-state index in [1.807, 2.05) is 0 Å². The van der Waals surface area contributed by atoms with Crippen LogP contribution in [0.25, 0.3) is 0 Å². The van der Waals surface area contributed by atoms with Gasteiger partial charge in [0.05, 0.1) is 23.2 Å². The SMILES string of the molecule is COCCN1CC[C@H](CNC(=O)c2ccc([N+](=O)[O-])cc2F)C1. The molecule has 2 rings (SSSR count). The van der Waals surface area contributed by atoms with Crippen molar-refractivity contribution in [3.8, 4) is 0 Å². The zero-order valence-corrected chi connectivity index (χ0v) is 13.0. The van der Waals surface area contributed by atoms with Crippen molar-refractivity contribution in [3.63, 3.8) is 0 Å². The van der Waals surface area contributed by atoms with Gasteiger partial charge in [-0.1, -0.05) is 0 Å². The number of amides is 1. The Morgan fingerprint density at radius 1 is 1.57 bits per heavy atom. The van der Waals surface area contributed by atoms with Gasteiger partial charge in [0.25, 0.3) is 11.6 Å². The van der Waals surface area contributed by atoms with Crippen molar-refractivity contribution in [3.05, 3.63) is 39.7 Å². The molecule has 1 heterocycles. The maximum atomic E-state index is 13.8. The van der Waals surface area contributed by atoms with Crippen LogP contribution in [0.15, 0.2) is 18.2 Å². The van der Waals surface area contributed by atoms with Gasteiger partial charge in [-0.15, -0.1) is 0 Å². The summed E-state index contributed by atoms with van der Waals surface area (Å²) in [6, 6.07) is 3.03. The van der Waals surface area contributed by atoms with E-state index in [0.717, 1.165) is 44.3 Å². The highest BCUT2D eigenvalue weighted by molar-refractivity contribution is 5.94. The minimum absolute atomic E-state index is 0.176. The summed E-state index contributed by atoms with van der Waals surface area (Å²) in [7, 11) is 1.66. The van der Waals surface area contributed by atoms with Gasteiger partial charge in [0.1, 0.15) is 5.82 Å². The van der Waals surface area contributed by atoms with Crippen molar-refractivity contribution >= 4 is 11.6 Å². The predicted molar refractivity (Wildman–Crippen MR) is 81.8 cm³/mol. The quantitative estimate of drug-likeness (QED) is 0.605. The van der Waals surface area contributed by atoms with Crippen LogP contribution >= 0.6 is 0 Å². The van der Waals surface area contributed by atoms with E-state index >= 15 is 0 Å². The van der Waals surface area contributed by atoms with Gasteiger partial charge in [-0.25, -0.2) is 4.39 Å². The molecule has 23 heavy (non-hydrogen) atoms. The van der Waals surface area contributed by atoms with Crippen LogP contribution in [0.5, 0.6) is 0 Å². The Balaban J connectivity index is 1.85. The number of nitro benzene ring substituents is 1.